The molecule has 1 rings (SSSR count). The maximum Gasteiger partial charge on any atom is 0.231 e. The quantitative estimate of drug-likeness (QED) is 0.816. The van der Waals surface area contributed by atoms with Crippen molar-refractivity contribution in [2.45, 2.75) is 34.1 Å². The molecule has 4 nitrogen and oxygen atoms in total. The molecule has 2 N–H and O–H groups in total. The van der Waals surface area contributed by atoms with E-state index in [0.717, 1.165) is 5.56 Å². The fourth-order valence-electron chi connectivity index (χ4n) is 1.50. The second-order valence-corrected chi connectivity index (χ2v) is 5.62. The molecule has 20 heavy (non-hydrogen) atoms. The van der Waals surface area contributed by atoms with Crippen molar-refractivity contribution < 1.29 is 9.59 Å². The van der Waals surface area contributed by atoms with Crippen LogP contribution in [0.25, 0.3) is 0 Å². The van der Waals surface area contributed by atoms with Gasteiger partial charge in [-0.3, -0.25) is 9.59 Å². The molecule has 0 aliphatic heterocycles. The summed E-state index contributed by atoms with van der Waals surface area (Å²) in [5.74, 6) is 0.0386. The van der Waals surface area contributed by atoms with Gasteiger partial charge in [-0.15, -0.1) is 11.6 Å². The number of hydrogen-bond acceptors (Lipinski definition) is 2. The number of nitrogens with one attached hydrogen (secondary N) is 2. The second kappa shape index (κ2) is 6.75. The number of carbonyl (C=O) groups excluding carboxylic acids is 2. The van der Waals surface area contributed by atoms with Crippen LogP contribution in [0.4, 0.5) is 11.4 Å². The van der Waals surface area contributed by atoms with Gasteiger partial charge in [0.25, 0.3) is 0 Å². The fourth-order valence-corrected chi connectivity index (χ4v) is 1.62. The van der Waals surface area contributed by atoms with Gasteiger partial charge in [-0.25, -0.2) is 0 Å². The van der Waals surface area contributed by atoms with E-state index in [1.807, 2.05) is 13.0 Å². The third kappa shape index (κ3) is 3.97. The fraction of sp³-hybridized carbons (Fsp3) is 0.467. The number of rotatable bonds is 5. The zero-order valence-electron chi connectivity index (χ0n) is 12.3. The van der Waals surface area contributed by atoms with Crippen LogP contribution in [-0.4, -0.2) is 17.7 Å². The first-order valence-electron chi connectivity index (χ1n) is 6.58. The predicted octanol–water partition coefficient (Wildman–Crippen LogP) is 3.55. The van der Waals surface area contributed by atoms with Gasteiger partial charge in [0.05, 0.1) is 5.41 Å². The van der Waals surface area contributed by atoms with Gasteiger partial charge in [0.15, 0.2) is 0 Å². The van der Waals surface area contributed by atoms with Crippen molar-refractivity contribution in [3.05, 3.63) is 23.8 Å². The normalized spacial score (nSPS) is 11.1. The number of carbonyl (C=O) groups is 2. The Balaban J connectivity index is 2.95. The maximum atomic E-state index is 12.1. The molecular formula is C15H21ClN2O2. The highest BCUT2D eigenvalue weighted by Gasteiger charge is 2.27. The molecule has 0 fully saturated rings. The van der Waals surface area contributed by atoms with Crippen molar-refractivity contribution in [3.8, 4) is 0 Å². The molecule has 0 atom stereocenters. The highest BCUT2D eigenvalue weighted by molar-refractivity contribution is 6.20. The first kappa shape index (κ1) is 16.5. The summed E-state index contributed by atoms with van der Waals surface area (Å²) in [5, 5.41) is 5.67. The average molecular weight is 297 g/mol. The van der Waals surface area contributed by atoms with Gasteiger partial charge in [-0.1, -0.05) is 13.0 Å². The molecule has 0 aliphatic carbocycles. The lowest BCUT2D eigenvalue weighted by molar-refractivity contribution is -0.123. The summed E-state index contributed by atoms with van der Waals surface area (Å²) in [5.41, 5.74) is 1.57. The standard InChI is InChI=1S/C15H21ClN2O2/c1-5-13(19)17-11-7-6-8-12(10(11)2)18-14(20)15(3,4)9-16/h6-8H,5,9H2,1-4H3,(H,17,19)(H,18,20). The minimum Gasteiger partial charge on any atom is -0.326 e. The monoisotopic (exact) mass is 296 g/mol. The minimum absolute atomic E-state index is 0.0577. The molecule has 0 radical (unpaired) electrons. The van der Waals surface area contributed by atoms with Crippen molar-refractivity contribution in [3.63, 3.8) is 0 Å². The van der Waals surface area contributed by atoms with E-state index >= 15 is 0 Å². The number of alkyl halides is 1. The van der Waals surface area contributed by atoms with Gasteiger partial charge in [0.2, 0.25) is 11.8 Å². The number of hydrogen-bond donors (Lipinski definition) is 2. The maximum absolute atomic E-state index is 12.1. The first-order valence-corrected chi connectivity index (χ1v) is 7.12. The molecule has 1 aromatic rings. The van der Waals surface area contributed by atoms with Crippen molar-refractivity contribution in [2.75, 3.05) is 16.5 Å². The molecule has 1 aromatic carbocycles. The number of anilines is 2. The van der Waals surface area contributed by atoms with Crippen LogP contribution in [0.5, 0.6) is 0 Å². The first-order chi connectivity index (χ1) is 9.31. The summed E-state index contributed by atoms with van der Waals surface area (Å²) >= 11 is 5.80. The number of halogens is 1. The summed E-state index contributed by atoms with van der Waals surface area (Å²) in [6.45, 7) is 7.22. The Morgan fingerprint density at radius 2 is 1.75 bits per heavy atom. The van der Waals surface area contributed by atoms with Gasteiger partial charge in [0, 0.05) is 23.7 Å². The Kier molecular flexibility index (Phi) is 5.57. The highest BCUT2D eigenvalue weighted by Crippen LogP contribution is 2.26. The largest absolute Gasteiger partial charge is 0.326 e. The minimum atomic E-state index is -0.642. The van der Waals surface area contributed by atoms with Gasteiger partial charge in [-0.2, -0.15) is 0 Å². The SMILES string of the molecule is CCC(=O)Nc1cccc(NC(=O)C(C)(C)CCl)c1C. The van der Waals surface area contributed by atoms with Crippen molar-refractivity contribution in [1.82, 2.24) is 0 Å². The molecule has 0 saturated carbocycles. The van der Waals surface area contributed by atoms with E-state index in [-0.39, 0.29) is 17.7 Å². The molecule has 0 aromatic heterocycles. The Bertz CT molecular complexity index is 513. The number of benzene rings is 1. The lowest BCUT2D eigenvalue weighted by Gasteiger charge is -2.21. The van der Waals surface area contributed by atoms with E-state index in [0.29, 0.717) is 17.8 Å². The zero-order valence-corrected chi connectivity index (χ0v) is 13.1. The van der Waals surface area contributed by atoms with E-state index in [1.54, 1.807) is 32.9 Å². The summed E-state index contributed by atoms with van der Waals surface area (Å²) in [6, 6.07) is 5.41. The highest BCUT2D eigenvalue weighted by atomic mass is 35.5. The van der Waals surface area contributed by atoms with Crippen LogP contribution in [0.3, 0.4) is 0 Å². The molecule has 110 valence electrons. The van der Waals surface area contributed by atoms with E-state index in [2.05, 4.69) is 10.6 Å². The van der Waals surface area contributed by atoms with E-state index in [9.17, 15) is 9.59 Å². The van der Waals surface area contributed by atoms with Gasteiger partial charge in [-0.05, 0) is 38.5 Å². The Morgan fingerprint density at radius 1 is 1.20 bits per heavy atom. The van der Waals surface area contributed by atoms with Crippen molar-refractivity contribution >= 4 is 34.8 Å². The van der Waals surface area contributed by atoms with Crippen LogP contribution >= 0.6 is 11.6 Å². The smallest absolute Gasteiger partial charge is 0.231 e. The van der Waals surface area contributed by atoms with Gasteiger partial charge >= 0.3 is 0 Å². The van der Waals surface area contributed by atoms with Gasteiger partial charge < -0.3 is 10.6 Å². The summed E-state index contributed by atoms with van der Waals surface area (Å²) < 4.78 is 0. The molecule has 0 saturated heterocycles. The number of amides is 2. The summed E-state index contributed by atoms with van der Waals surface area (Å²) in [7, 11) is 0. The summed E-state index contributed by atoms with van der Waals surface area (Å²) in [4.78, 5) is 23.6. The Morgan fingerprint density at radius 3 is 2.25 bits per heavy atom. The Hall–Kier alpha value is -1.55. The molecule has 0 spiro atoms. The third-order valence-electron chi connectivity index (χ3n) is 3.13. The molecular weight excluding hydrogens is 276 g/mol. The third-order valence-corrected chi connectivity index (χ3v) is 3.79. The lowest BCUT2D eigenvalue weighted by atomic mass is 9.95. The van der Waals surface area contributed by atoms with Crippen LogP contribution in [0.2, 0.25) is 0 Å². The van der Waals surface area contributed by atoms with Crippen molar-refractivity contribution in [2.24, 2.45) is 5.41 Å². The molecule has 0 heterocycles. The van der Waals surface area contributed by atoms with Crippen LogP contribution < -0.4 is 10.6 Å². The predicted molar refractivity (Wildman–Crippen MR) is 83.2 cm³/mol. The topological polar surface area (TPSA) is 58.2 Å². The molecule has 0 bridgehead atoms. The second-order valence-electron chi connectivity index (χ2n) is 5.35. The molecule has 0 aliphatic rings. The average Bonchev–Trinajstić information content (AvgIpc) is 2.42. The van der Waals surface area contributed by atoms with E-state index in [1.165, 1.54) is 0 Å². The van der Waals surface area contributed by atoms with Crippen LogP contribution in [0, 0.1) is 12.3 Å². The summed E-state index contributed by atoms with van der Waals surface area (Å²) in [6.07, 6.45) is 0.412. The van der Waals surface area contributed by atoms with Crippen molar-refractivity contribution in [1.29, 1.82) is 0 Å². The van der Waals surface area contributed by atoms with Crippen LogP contribution in [0.15, 0.2) is 18.2 Å². The molecule has 2 amide bonds. The molecule has 0 unspecified atom stereocenters. The van der Waals surface area contributed by atoms with Crippen LogP contribution in [0.1, 0.15) is 32.8 Å². The zero-order chi connectivity index (χ0) is 15.3. The van der Waals surface area contributed by atoms with E-state index < -0.39 is 5.41 Å². The Labute approximate surface area is 124 Å². The van der Waals surface area contributed by atoms with Crippen LogP contribution in [-0.2, 0) is 9.59 Å². The van der Waals surface area contributed by atoms with Gasteiger partial charge in [0.1, 0.15) is 0 Å². The molecule has 5 heteroatoms. The lowest BCUT2D eigenvalue weighted by Crippen LogP contribution is -2.32. The van der Waals surface area contributed by atoms with E-state index in [4.69, 9.17) is 11.6 Å².